The van der Waals surface area contributed by atoms with Crippen LogP contribution in [0, 0.1) is 0 Å². The van der Waals surface area contributed by atoms with Gasteiger partial charge >= 0.3 is 0 Å². The molecular weight excluding hydrogens is 633 g/mol. The van der Waals surface area contributed by atoms with E-state index in [1.807, 2.05) is 67.7 Å². The summed E-state index contributed by atoms with van der Waals surface area (Å²) in [5, 5.41) is 6.53. The summed E-state index contributed by atoms with van der Waals surface area (Å²) in [4.78, 5) is 25.1. The SMILES string of the molecule is CN(CCCOCCCCCCNC[C@H](O[Si](C)(C)C(C)(C)C)c1ccc(OCc2ccccc2)c(NC=O)c1)c1cccc(C(N)=O)c1. The number of nitrogens with one attached hydrogen (secondary N) is 2. The van der Waals surface area contributed by atoms with Crippen LogP contribution in [0.2, 0.25) is 18.1 Å². The van der Waals surface area contributed by atoms with E-state index in [9.17, 15) is 9.59 Å². The van der Waals surface area contributed by atoms with E-state index in [4.69, 9.17) is 19.6 Å². The molecule has 49 heavy (non-hydrogen) atoms. The lowest BCUT2D eigenvalue weighted by molar-refractivity contribution is -0.105. The van der Waals surface area contributed by atoms with Crippen molar-refractivity contribution in [2.24, 2.45) is 5.73 Å². The highest BCUT2D eigenvalue weighted by atomic mass is 28.4. The van der Waals surface area contributed by atoms with Crippen molar-refractivity contribution in [3.8, 4) is 5.75 Å². The fourth-order valence-electron chi connectivity index (χ4n) is 5.12. The normalized spacial score (nSPS) is 12.4. The van der Waals surface area contributed by atoms with E-state index in [2.05, 4.69) is 55.5 Å². The lowest BCUT2D eigenvalue weighted by Gasteiger charge is -2.39. The molecule has 9 nitrogen and oxygen atoms in total. The van der Waals surface area contributed by atoms with Crippen LogP contribution in [0.1, 0.15) is 80.5 Å². The minimum absolute atomic E-state index is 0.0595. The van der Waals surface area contributed by atoms with Crippen molar-refractivity contribution in [1.29, 1.82) is 0 Å². The second-order valence-electron chi connectivity index (χ2n) is 14.1. The summed E-state index contributed by atoms with van der Waals surface area (Å²) in [6.07, 6.45) is 5.81. The smallest absolute Gasteiger partial charge is 0.248 e. The minimum Gasteiger partial charge on any atom is -0.487 e. The predicted molar refractivity (Wildman–Crippen MR) is 203 cm³/mol. The molecular formula is C39H58N4O5Si. The Kier molecular flexibility index (Phi) is 16.3. The third-order valence-corrected chi connectivity index (χ3v) is 13.6. The third-order valence-electron chi connectivity index (χ3n) is 9.15. The number of carbonyl (C=O) groups excluding carboxylic acids is 2. The van der Waals surface area contributed by atoms with Gasteiger partial charge < -0.3 is 35.2 Å². The largest absolute Gasteiger partial charge is 0.487 e. The summed E-state index contributed by atoms with van der Waals surface area (Å²) in [5.41, 5.74) is 9.61. The standard InChI is InChI=1S/C39H58N4O5Si/c1-39(2,3)49(5,6)48-37(32-20-21-36(35(27-32)42-30-44)47-29-31-16-10-9-11-17-31)28-41-22-12-7-8-13-24-46-25-15-23-43(4)34-19-14-18-33(26-34)38(40)45/h9-11,14,16-21,26-27,30,37,41H,7-8,12-13,15,22-25,28-29H2,1-6H3,(H2,40,45)(H,42,44)/t37-/m0/s1. The molecule has 10 heteroatoms. The van der Waals surface area contributed by atoms with Gasteiger partial charge in [-0.3, -0.25) is 9.59 Å². The molecule has 0 unspecified atom stereocenters. The van der Waals surface area contributed by atoms with Crippen molar-refractivity contribution < 1.29 is 23.5 Å². The number of amides is 2. The van der Waals surface area contributed by atoms with Crippen molar-refractivity contribution >= 4 is 32.0 Å². The van der Waals surface area contributed by atoms with Gasteiger partial charge in [-0.2, -0.15) is 0 Å². The Hall–Kier alpha value is -3.70. The summed E-state index contributed by atoms with van der Waals surface area (Å²) < 4.78 is 18.9. The van der Waals surface area contributed by atoms with E-state index >= 15 is 0 Å². The molecule has 0 bridgehead atoms. The summed E-state index contributed by atoms with van der Waals surface area (Å²) in [5.74, 6) is 0.215. The number of nitrogens with two attached hydrogens (primary N) is 1. The first-order chi connectivity index (χ1) is 23.4. The lowest BCUT2D eigenvalue weighted by Crippen LogP contribution is -2.43. The molecule has 3 rings (SSSR count). The first-order valence-electron chi connectivity index (χ1n) is 17.5. The Bertz CT molecular complexity index is 1430. The topological polar surface area (TPSA) is 115 Å². The Labute approximate surface area is 295 Å². The third kappa shape index (κ3) is 13.6. The summed E-state index contributed by atoms with van der Waals surface area (Å²) >= 11 is 0. The van der Waals surface area contributed by atoms with Crippen LogP contribution in [0.25, 0.3) is 0 Å². The maximum Gasteiger partial charge on any atom is 0.248 e. The van der Waals surface area contributed by atoms with Gasteiger partial charge in [-0.25, -0.2) is 0 Å². The van der Waals surface area contributed by atoms with Crippen LogP contribution < -0.4 is 26.0 Å². The number of benzene rings is 3. The number of carbonyl (C=O) groups is 2. The maximum atomic E-state index is 11.5. The number of nitrogens with zero attached hydrogens (tertiary/aromatic N) is 1. The zero-order chi connectivity index (χ0) is 35.7. The van der Waals surface area contributed by atoms with Gasteiger partial charge in [-0.1, -0.05) is 76.1 Å². The van der Waals surface area contributed by atoms with E-state index in [0.717, 1.165) is 68.6 Å². The number of primary amides is 1. The average molecular weight is 691 g/mol. The highest BCUT2D eigenvalue weighted by molar-refractivity contribution is 6.74. The fraction of sp³-hybridized carbons (Fsp3) is 0.487. The van der Waals surface area contributed by atoms with Crippen LogP contribution in [0.5, 0.6) is 5.75 Å². The second-order valence-corrected chi connectivity index (χ2v) is 18.8. The quantitative estimate of drug-likeness (QED) is 0.0531. The molecule has 268 valence electrons. The molecule has 0 aromatic heterocycles. The van der Waals surface area contributed by atoms with Crippen molar-refractivity contribution in [2.75, 3.05) is 50.1 Å². The second kappa shape index (κ2) is 20.1. The van der Waals surface area contributed by atoms with Crippen LogP contribution in [0.4, 0.5) is 11.4 Å². The average Bonchev–Trinajstić information content (AvgIpc) is 3.07. The summed E-state index contributed by atoms with van der Waals surface area (Å²) in [7, 11) is -0.0737. The van der Waals surface area contributed by atoms with Gasteiger partial charge in [0, 0.05) is 44.6 Å². The van der Waals surface area contributed by atoms with Gasteiger partial charge in [0.2, 0.25) is 12.3 Å². The molecule has 3 aromatic rings. The zero-order valence-electron chi connectivity index (χ0n) is 30.4. The molecule has 0 aliphatic carbocycles. The Morgan fingerprint density at radius 2 is 1.67 bits per heavy atom. The number of unbranched alkanes of at least 4 members (excludes halogenated alkanes) is 3. The van der Waals surface area contributed by atoms with Crippen LogP contribution >= 0.6 is 0 Å². The molecule has 1 atom stereocenters. The van der Waals surface area contributed by atoms with Crippen molar-refractivity contribution in [1.82, 2.24) is 5.32 Å². The maximum absolute atomic E-state index is 11.5. The molecule has 0 aliphatic heterocycles. The number of hydrogen-bond donors (Lipinski definition) is 3. The first-order valence-corrected chi connectivity index (χ1v) is 20.4. The fourth-order valence-corrected chi connectivity index (χ4v) is 6.40. The van der Waals surface area contributed by atoms with Crippen LogP contribution in [-0.2, 0) is 20.6 Å². The highest BCUT2D eigenvalue weighted by Gasteiger charge is 2.39. The number of anilines is 2. The molecule has 0 saturated heterocycles. The van der Waals surface area contributed by atoms with Crippen LogP contribution in [0.15, 0.2) is 72.8 Å². The van der Waals surface area contributed by atoms with E-state index in [1.54, 1.807) is 6.07 Å². The van der Waals surface area contributed by atoms with Gasteiger partial charge in [0.05, 0.1) is 11.8 Å². The molecule has 4 N–H and O–H groups in total. The summed E-state index contributed by atoms with van der Waals surface area (Å²) in [6.45, 7) is 15.6. The van der Waals surface area contributed by atoms with E-state index in [1.165, 1.54) is 0 Å². The Balaban J connectivity index is 1.42. The summed E-state index contributed by atoms with van der Waals surface area (Å²) in [6, 6.07) is 23.3. The molecule has 2 amide bonds. The first kappa shape index (κ1) is 39.7. The molecule has 0 aliphatic rings. The van der Waals surface area contributed by atoms with Gasteiger partial charge in [0.1, 0.15) is 12.4 Å². The Morgan fingerprint density at radius 3 is 2.39 bits per heavy atom. The van der Waals surface area contributed by atoms with Crippen molar-refractivity contribution in [3.63, 3.8) is 0 Å². The lowest BCUT2D eigenvalue weighted by atomic mass is 10.1. The molecule has 0 radical (unpaired) electrons. The van der Waals surface area contributed by atoms with Gasteiger partial charge in [-0.15, -0.1) is 0 Å². The van der Waals surface area contributed by atoms with Gasteiger partial charge in [0.15, 0.2) is 8.32 Å². The number of ether oxygens (including phenoxy) is 2. The molecule has 0 spiro atoms. The molecule has 0 saturated carbocycles. The van der Waals surface area contributed by atoms with E-state index in [-0.39, 0.29) is 11.1 Å². The zero-order valence-corrected chi connectivity index (χ0v) is 31.4. The molecule has 0 fully saturated rings. The van der Waals surface area contributed by atoms with Crippen molar-refractivity contribution in [2.45, 2.75) is 83.7 Å². The predicted octanol–water partition coefficient (Wildman–Crippen LogP) is 7.69. The van der Waals surface area contributed by atoms with Crippen LogP contribution in [-0.4, -0.2) is 60.5 Å². The highest BCUT2D eigenvalue weighted by Crippen LogP contribution is 2.40. The van der Waals surface area contributed by atoms with Gasteiger partial charge in [0.25, 0.3) is 0 Å². The van der Waals surface area contributed by atoms with Crippen LogP contribution in [0.3, 0.4) is 0 Å². The van der Waals surface area contributed by atoms with E-state index in [0.29, 0.717) is 43.2 Å². The molecule has 0 heterocycles. The number of hydrogen-bond acceptors (Lipinski definition) is 7. The number of rotatable bonds is 23. The van der Waals surface area contributed by atoms with Crippen molar-refractivity contribution in [3.05, 3.63) is 89.5 Å². The Morgan fingerprint density at radius 1 is 0.939 bits per heavy atom. The van der Waals surface area contributed by atoms with Gasteiger partial charge in [-0.05, 0) is 85.4 Å². The van der Waals surface area contributed by atoms with E-state index < -0.39 is 14.2 Å². The monoisotopic (exact) mass is 690 g/mol. The minimum atomic E-state index is -2.08. The molecule has 3 aromatic carbocycles.